The van der Waals surface area contributed by atoms with E-state index in [9.17, 15) is 4.79 Å². The van der Waals surface area contributed by atoms with Gasteiger partial charge in [-0.05, 0) is 37.6 Å². The normalized spacial score (nSPS) is 18.2. The summed E-state index contributed by atoms with van der Waals surface area (Å²) in [7, 11) is 2.06. The molecule has 0 aliphatic carbocycles. The molecule has 2 heterocycles. The number of nitrogens with zero attached hydrogens (tertiary/aromatic N) is 1. The van der Waals surface area contributed by atoms with Gasteiger partial charge in [0.2, 0.25) is 0 Å². The number of Topliss-reactive ketones (excluding diaryl/α,β-unsaturated/α-hetero) is 1. The maximum absolute atomic E-state index is 11.7. The molecule has 0 fully saturated rings. The van der Waals surface area contributed by atoms with Crippen LogP contribution in [0.5, 0.6) is 0 Å². The maximum Gasteiger partial charge on any atom is 0.139 e. The minimum Gasteiger partial charge on any atom is -0.384 e. The second-order valence-corrected chi connectivity index (χ2v) is 4.85. The van der Waals surface area contributed by atoms with Crippen molar-refractivity contribution in [1.82, 2.24) is 4.57 Å². The van der Waals surface area contributed by atoms with Crippen LogP contribution in [0.1, 0.15) is 24.1 Å². The van der Waals surface area contributed by atoms with Crippen molar-refractivity contribution in [3.05, 3.63) is 29.5 Å². The van der Waals surface area contributed by atoms with Gasteiger partial charge in [0.05, 0.1) is 5.92 Å². The summed E-state index contributed by atoms with van der Waals surface area (Å²) < 4.78 is 2.17. The standard InChI is InChI=1S/C14H16N2O/c1-8-6-10-13(16(8)3)5-4-12-14(10)11(7-15-12)9(2)17/h4-6,11,15H,7H2,1-3H3. The van der Waals surface area contributed by atoms with Gasteiger partial charge in [-0.25, -0.2) is 0 Å². The highest BCUT2D eigenvalue weighted by atomic mass is 16.1. The number of hydrogen-bond acceptors (Lipinski definition) is 2. The third-order valence-electron chi connectivity index (χ3n) is 3.84. The van der Waals surface area contributed by atoms with Crippen LogP contribution in [0.15, 0.2) is 18.2 Å². The van der Waals surface area contributed by atoms with Gasteiger partial charge in [0.1, 0.15) is 5.78 Å². The number of nitrogens with one attached hydrogen (secondary N) is 1. The molecule has 2 aromatic rings. The molecule has 88 valence electrons. The molecule has 3 heteroatoms. The molecular weight excluding hydrogens is 212 g/mol. The van der Waals surface area contributed by atoms with E-state index in [1.54, 1.807) is 6.92 Å². The predicted molar refractivity (Wildman–Crippen MR) is 69.6 cm³/mol. The molecule has 0 radical (unpaired) electrons. The Morgan fingerprint density at radius 3 is 2.94 bits per heavy atom. The number of hydrogen-bond donors (Lipinski definition) is 1. The Morgan fingerprint density at radius 2 is 2.24 bits per heavy atom. The van der Waals surface area contributed by atoms with E-state index in [0.29, 0.717) is 0 Å². The first kappa shape index (κ1) is 10.4. The lowest BCUT2D eigenvalue weighted by Gasteiger charge is -2.07. The fraction of sp³-hybridized carbons (Fsp3) is 0.357. The summed E-state index contributed by atoms with van der Waals surface area (Å²) in [6.07, 6.45) is 0. The van der Waals surface area contributed by atoms with E-state index in [2.05, 4.69) is 42.1 Å². The van der Waals surface area contributed by atoms with Crippen LogP contribution in [0.25, 0.3) is 10.9 Å². The Labute approximate surface area is 100 Å². The summed E-state index contributed by atoms with van der Waals surface area (Å²) in [6.45, 7) is 4.51. The summed E-state index contributed by atoms with van der Waals surface area (Å²) in [5.74, 6) is 0.251. The first-order valence-electron chi connectivity index (χ1n) is 5.93. The van der Waals surface area contributed by atoms with Crippen LogP contribution in [0, 0.1) is 6.92 Å². The van der Waals surface area contributed by atoms with Crippen LogP contribution in [0.3, 0.4) is 0 Å². The molecule has 1 aliphatic rings. The van der Waals surface area contributed by atoms with Crippen molar-refractivity contribution in [2.24, 2.45) is 7.05 Å². The largest absolute Gasteiger partial charge is 0.384 e. The third-order valence-corrected chi connectivity index (χ3v) is 3.84. The van der Waals surface area contributed by atoms with Crippen molar-refractivity contribution in [2.75, 3.05) is 11.9 Å². The molecule has 1 aliphatic heterocycles. The summed E-state index contributed by atoms with van der Waals surface area (Å²) >= 11 is 0. The van der Waals surface area contributed by atoms with Crippen LogP contribution in [-0.2, 0) is 11.8 Å². The fourth-order valence-electron chi connectivity index (χ4n) is 2.76. The second-order valence-electron chi connectivity index (χ2n) is 4.85. The Kier molecular flexibility index (Phi) is 2.05. The van der Waals surface area contributed by atoms with E-state index in [0.717, 1.165) is 12.2 Å². The zero-order valence-electron chi connectivity index (χ0n) is 10.4. The molecule has 0 amide bonds. The lowest BCUT2D eigenvalue weighted by atomic mass is 9.94. The van der Waals surface area contributed by atoms with Gasteiger partial charge in [-0.3, -0.25) is 4.79 Å². The zero-order chi connectivity index (χ0) is 12.2. The van der Waals surface area contributed by atoms with E-state index in [-0.39, 0.29) is 11.7 Å². The Balaban J connectivity index is 2.35. The number of ketones is 1. The van der Waals surface area contributed by atoms with Crippen molar-refractivity contribution >= 4 is 22.4 Å². The van der Waals surface area contributed by atoms with Crippen LogP contribution in [0.2, 0.25) is 0 Å². The highest BCUT2D eigenvalue weighted by Crippen LogP contribution is 2.38. The fourth-order valence-corrected chi connectivity index (χ4v) is 2.76. The molecule has 3 rings (SSSR count). The van der Waals surface area contributed by atoms with Crippen molar-refractivity contribution in [3.63, 3.8) is 0 Å². The Hall–Kier alpha value is -1.77. The predicted octanol–water partition coefficient (Wildman–Crippen LogP) is 2.58. The average Bonchev–Trinajstić information content (AvgIpc) is 2.82. The number of benzene rings is 1. The van der Waals surface area contributed by atoms with E-state index >= 15 is 0 Å². The smallest absolute Gasteiger partial charge is 0.139 e. The highest BCUT2D eigenvalue weighted by molar-refractivity contribution is 5.98. The molecule has 1 aromatic carbocycles. The van der Waals surface area contributed by atoms with Gasteiger partial charge in [0, 0.05) is 35.9 Å². The number of carbonyl (C=O) groups is 1. The first-order chi connectivity index (χ1) is 8.09. The monoisotopic (exact) mass is 228 g/mol. The van der Waals surface area contributed by atoms with Crippen LogP contribution in [-0.4, -0.2) is 16.9 Å². The molecule has 1 N–H and O–H groups in total. The minimum atomic E-state index is 0.00972. The molecular formula is C14H16N2O. The average molecular weight is 228 g/mol. The number of aromatic nitrogens is 1. The first-order valence-corrected chi connectivity index (χ1v) is 5.93. The third kappa shape index (κ3) is 1.32. The van der Waals surface area contributed by atoms with Gasteiger partial charge in [0.25, 0.3) is 0 Å². The lowest BCUT2D eigenvalue weighted by Crippen LogP contribution is -2.10. The number of carbonyl (C=O) groups excluding carboxylic acids is 1. The van der Waals surface area contributed by atoms with Gasteiger partial charge < -0.3 is 9.88 Å². The summed E-state index contributed by atoms with van der Waals surface area (Å²) in [5.41, 5.74) is 4.72. The van der Waals surface area contributed by atoms with Gasteiger partial charge in [-0.15, -0.1) is 0 Å². The van der Waals surface area contributed by atoms with Gasteiger partial charge in [0.15, 0.2) is 0 Å². The summed E-state index contributed by atoms with van der Waals surface area (Å²) in [5, 5.41) is 4.54. The van der Waals surface area contributed by atoms with E-state index in [1.807, 2.05) is 0 Å². The van der Waals surface area contributed by atoms with Crippen LogP contribution < -0.4 is 5.32 Å². The van der Waals surface area contributed by atoms with Crippen LogP contribution >= 0.6 is 0 Å². The van der Waals surface area contributed by atoms with E-state index < -0.39 is 0 Å². The minimum absolute atomic E-state index is 0.00972. The SMILES string of the molecule is CC(=O)C1CNc2ccc3c(cc(C)n3C)c21. The van der Waals surface area contributed by atoms with E-state index in [1.165, 1.54) is 22.2 Å². The molecule has 0 saturated heterocycles. The maximum atomic E-state index is 11.7. The zero-order valence-corrected chi connectivity index (χ0v) is 10.4. The molecule has 17 heavy (non-hydrogen) atoms. The van der Waals surface area contributed by atoms with Gasteiger partial charge >= 0.3 is 0 Å². The molecule has 1 atom stereocenters. The molecule has 1 aromatic heterocycles. The Morgan fingerprint density at radius 1 is 1.47 bits per heavy atom. The molecule has 0 bridgehead atoms. The molecule has 1 unspecified atom stereocenters. The highest BCUT2D eigenvalue weighted by Gasteiger charge is 2.28. The number of fused-ring (bicyclic) bond motifs is 3. The molecule has 0 saturated carbocycles. The topological polar surface area (TPSA) is 34.0 Å². The molecule has 3 nitrogen and oxygen atoms in total. The summed E-state index contributed by atoms with van der Waals surface area (Å²) in [4.78, 5) is 11.7. The van der Waals surface area contributed by atoms with Crippen molar-refractivity contribution < 1.29 is 4.79 Å². The quantitative estimate of drug-likeness (QED) is 0.814. The number of anilines is 1. The van der Waals surface area contributed by atoms with Gasteiger partial charge in [-0.2, -0.15) is 0 Å². The molecule has 0 spiro atoms. The van der Waals surface area contributed by atoms with Crippen molar-refractivity contribution in [3.8, 4) is 0 Å². The van der Waals surface area contributed by atoms with Gasteiger partial charge in [-0.1, -0.05) is 0 Å². The van der Waals surface area contributed by atoms with Crippen molar-refractivity contribution in [2.45, 2.75) is 19.8 Å². The summed E-state index contributed by atoms with van der Waals surface area (Å²) in [6, 6.07) is 6.38. The number of rotatable bonds is 1. The van der Waals surface area contributed by atoms with Crippen molar-refractivity contribution in [1.29, 1.82) is 0 Å². The van der Waals surface area contributed by atoms with Crippen LogP contribution in [0.4, 0.5) is 5.69 Å². The van der Waals surface area contributed by atoms with E-state index in [4.69, 9.17) is 0 Å². The lowest BCUT2D eigenvalue weighted by molar-refractivity contribution is -0.118. The Bertz CT molecular complexity index is 625. The number of aryl methyl sites for hydroxylation is 2. The second kappa shape index (κ2) is 3.36.